The SMILES string of the molecule is CCC(CC)(CC)NCc1cnc(N)s1.Cl. The second-order valence-corrected chi connectivity index (χ2v) is 5.01. The van der Waals surface area contributed by atoms with Gasteiger partial charge in [-0.25, -0.2) is 4.98 Å². The molecule has 0 spiro atoms. The van der Waals surface area contributed by atoms with Gasteiger partial charge in [0.05, 0.1) is 0 Å². The Morgan fingerprint density at radius 3 is 2.25 bits per heavy atom. The van der Waals surface area contributed by atoms with Crippen molar-refractivity contribution in [1.29, 1.82) is 0 Å². The summed E-state index contributed by atoms with van der Waals surface area (Å²) in [5, 5.41) is 4.28. The molecule has 1 aromatic heterocycles. The van der Waals surface area contributed by atoms with Crippen molar-refractivity contribution >= 4 is 28.9 Å². The van der Waals surface area contributed by atoms with Crippen LogP contribution in [0.5, 0.6) is 0 Å². The number of hydrogen-bond donors (Lipinski definition) is 2. The number of nitrogens with one attached hydrogen (secondary N) is 1. The summed E-state index contributed by atoms with van der Waals surface area (Å²) in [6, 6.07) is 0. The number of halogens is 1. The summed E-state index contributed by atoms with van der Waals surface area (Å²) in [4.78, 5) is 5.27. The Morgan fingerprint density at radius 2 is 1.88 bits per heavy atom. The van der Waals surface area contributed by atoms with Crippen molar-refractivity contribution in [3.05, 3.63) is 11.1 Å². The fraction of sp³-hybridized carbons (Fsp3) is 0.727. The first-order valence-corrected chi connectivity index (χ1v) is 6.42. The van der Waals surface area contributed by atoms with Crippen LogP contribution in [0.25, 0.3) is 0 Å². The third kappa shape index (κ3) is 3.92. The highest BCUT2D eigenvalue weighted by molar-refractivity contribution is 7.15. The van der Waals surface area contributed by atoms with E-state index in [-0.39, 0.29) is 17.9 Å². The molecule has 0 fully saturated rings. The minimum atomic E-state index is 0. The lowest BCUT2D eigenvalue weighted by molar-refractivity contribution is 0.289. The Kier molecular flexibility index (Phi) is 6.95. The predicted molar refractivity (Wildman–Crippen MR) is 74.2 cm³/mol. The molecule has 3 N–H and O–H groups in total. The van der Waals surface area contributed by atoms with Crippen molar-refractivity contribution in [2.75, 3.05) is 5.73 Å². The number of nitrogen functional groups attached to an aromatic ring is 1. The van der Waals surface area contributed by atoms with Crippen LogP contribution < -0.4 is 11.1 Å². The van der Waals surface area contributed by atoms with E-state index in [2.05, 4.69) is 31.1 Å². The molecule has 1 rings (SSSR count). The normalized spacial score (nSPS) is 11.2. The van der Waals surface area contributed by atoms with Crippen molar-refractivity contribution in [3.63, 3.8) is 0 Å². The highest BCUT2D eigenvalue weighted by Gasteiger charge is 2.22. The lowest BCUT2D eigenvalue weighted by Gasteiger charge is -2.31. The molecule has 0 unspecified atom stereocenters. The fourth-order valence-corrected chi connectivity index (χ4v) is 2.43. The van der Waals surface area contributed by atoms with Gasteiger partial charge in [0.2, 0.25) is 0 Å². The maximum absolute atomic E-state index is 5.60. The molecule has 0 atom stereocenters. The monoisotopic (exact) mass is 263 g/mol. The zero-order valence-corrected chi connectivity index (χ0v) is 11.9. The van der Waals surface area contributed by atoms with Gasteiger partial charge < -0.3 is 11.1 Å². The minimum absolute atomic E-state index is 0. The van der Waals surface area contributed by atoms with Gasteiger partial charge in [-0.15, -0.1) is 23.7 Å². The molecule has 1 aromatic rings. The Hall–Kier alpha value is -0.320. The molecule has 0 aliphatic heterocycles. The number of anilines is 1. The molecule has 1 heterocycles. The maximum atomic E-state index is 5.60. The van der Waals surface area contributed by atoms with Gasteiger partial charge in [-0.3, -0.25) is 0 Å². The van der Waals surface area contributed by atoms with Crippen molar-refractivity contribution in [3.8, 4) is 0 Å². The quantitative estimate of drug-likeness (QED) is 0.829. The number of hydrogen-bond acceptors (Lipinski definition) is 4. The van der Waals surface area contributed by atoms with E-state index in [9.17, 15) is 0 Å². The summed E-state index contributed by atoms with van der Waals surface area (Å²) >= 11 is 1.56. The number of thiazole rings is 1. The highest BCUT2D eigenvalue weighted by Crippen LogP contribution is 2.21. The standard InChI is InChI=1S/C11H21N3S.ClH/c1-4-11(5-2,6-3)14-8-9-7-13-10(12)15-9;/h7,14H,4-6,8H2,1-3H3,(H2,12,13);1H. The molecule has 0 bridgehead atoms. The van der Waals surface area contributed by atoms with Crippen molar-refractivity contribution in [1.82, 2.24) is 10.3 Å². The van der Waals surface area contributed by atoms with E-state index in [0.29, 0.717) is 5.13 Å². The number of nitrogens with two attached hydrogens (primary N) is 1. The summed E-state index contributed by atoms with van der Waals surface area (Å²) in [5.41, 5.74) is 5.87. The number of nitrogens with zero attached hydrogens (tertiary/aromatic N) is 1. The molecular weight excluding hydrogens is 242 g/mol. The minimum Gasteiger partial charge on any atom is -0.375 e. The molecule has 0 aliphatic rings. The Morgan fingerprint density at radius 1 is 1.31 bits per heavy atom. The largest absolute Gasteiger partial charge is 0.375 e. The average molecular weight is 264 g/mol. The Bertz CT molecular complexity index is 289. The van der Waals surface area contributed by atoms with Gasteiger partial charge in [-0.05, 0) is 19.3 Å². The van der Waals surface area contributed by atoms with Crippen molar-refractivity contribution in [2.45, 2.75) is 52.1 Å². The van der Waals surface area contributed by atoms with E-state index >= 15 is 0 Å². The molecule has 0 amide bonds. The summed E-state index contributed by atoms with van der Waals surface area (Å²) < 4.78 is 0. The molecule has 0 aromatic carbocycles. The third-order valence-electron chi connectivity index (χ3n) is 3.24. The van der Waals surface area contributed by atoms with E-state index in [1.54, 1.807) is 11.3 Å². The zero-order chi connectivity index (χ0) is 11.3. The summed E-state index contributed by atoms with van der Waals surface area (Å²) in [5.74, 6) is 0. The molecule has 0 radical (unpaired) electrons. The molecule has 5 heteroatoms. The highest BCUT2D eigenvalue weighted by atomic mass is 35.5. The van der Waals surface area contributed by atoms with Crippen LogP contribution in [0.15, 0.2) is 6.20 Å². The van der Waals surface area contributed by atoms with Gasteiger partial charge in [0.1, 0.15) is 0 Å². The van der Waals surface area contributed by atoms with Crippen LogP contribution >= 0.6 is 23.7 Å². The van der Waals surface area contributed by atoms with Crippen molar-refractivity contribution < 1.29 is 0 Å². The van der Waals surface area contributed by atoms with E-state index in [0.717, 1.165) is 25.8 Å². The van der Waals surface area contributed by atoms with Crippen molar-refractivity contribution in [2.24, 2.45) is 0 Å². The summed E-state index contributed by atoms with van der Waals surface area (Å²) in [7, 11) is 0. The Labute approximate surface area is 108 Å². The number of rotatable bonds is 6. The van der Waals surface area contributed by atoms with E-state index in [4.69, 9.17) is 5.73 Å². The van der Waals surface area contributed by atoms with Crippen LogP contribution in [0.4, 0.5) is 5.13 Å². The van der Waals surface area contributed by atoms with Gasteiger partial charge in [0, 0.05) is 23.2 Å². The van der Waals surface area contributed by atoms with Gasteiger partial charge in [-0.1, -0.05) is 20.8 Å². The molecular formula is C11H22ClN3S. The van der Waals surface area contributed by atoms with E-state index in [1.165, 1.54) is 4.88 Å². The Balaban J connectivity index is 0.00000225. The smallest absolute Gasteiger partial charge is 0.180 e. The first kappa shape index (κ1) is 15.7. The second kappa shape index (κ2) is 7.09. The molecule has 0 saturated carbocycles. The summed E-state index contributed by atoms with van der Waals surface area (Å²) in [6.45, 7) is 7.59. The van der Waals surface area contributed by atoms with Crippen LogP contribution in [0.3, 0.4) is 0 Å². The molecule has 3 nitrogen and oxygen atoms in total. The number of aromatic nitrogens is 1. The van der Waals surface area contributed by atoms with Crippen LogP contribution in [0, 0.1) is 0 Å². The van der Waals surface area contributed by atoms with E-state index < -0.39 is 0 Å². The zero-order valence-electron chi connectivity index (χ0n) is 10.2. The summed E-state index contributed by atoms with van der Waals surface area (Å²) in [6.07, 6.45) is 5.34. The second-order valence-electron chi connectivity index (χ2n) is 3.86. The predicted octanol–water partition coefficient (Wildman–Crippen LogP) is 3.21. The van der Waals surface area contributed by atoms with E-state index in [1.807, 2.05) is 6.20 Å². The lowest BCUT2D eigenvalue weighted by Crippen LogP contribution is -2.42. The first-order chi connectivity index (χ1) is 7.15. The lowest BCUT2D eigenvalue weighted by atomic mass is 9.90. The van der Waals surface area contributed by atoms with Gasteiger partial charge in [-0.2, -0.15) is 0 Å². The van der Waals surface area contributed by atoms with Crippen LogP contribution in [-0.2, 0) is 6.54 Å². The van der Waals surface area contributed by atoms with Gasteiger partial charge in [0.15, 0.2) is 5.13 Å². The first-order valence-electron chi connectivity index (χ1n) is 5.61. The topological polar surface area (TPSA) is 50.9 Å². The third-order valence-corrected chi connectivity index (χ3v) is 4.07. The van der Waals surface area contributed by atoms with Crippen LogP contribution in [-0.4, -0.2) is 10.5 Å². The van der Waals surface area contributed by atoms with Crippen LogP contribution in [0.2, 0.25) is 0 Å². The molecule has 0 saturated heterocycles. The van der Waals surface area contributed by atoms with Gasteiger partial charge in [0.25, 0.3) is 0 Å². The fourth-order valence-electron chi connectivity index (χ4n) is 1.80. The molecule has 94 valence electrons. The maximum Gasteiger partial charge on any atom is 0.180 e. The van der Waals surface area contributed by atoms with Gasteiger partial charge >= 0.3 is 0 Å². The molecule has 16 heavy (non-hydrogen) atoms. The molecule has 0 aliphatic carbocycles. The van der Waals surface area contributed by atoms with Crippen LogP contribution in [0.1, 0.15) is 44.9 Å². The average Bonchev–Trinajstić information content (AvgIpc) is 2.67.